The van der Waals surface area contributed by atoms with Gasteiger partial charge in [-0.15, -0.1) is 0 Å². The van der Waals surface area contributed by atoms with Crippen LogP contribution >= 0.6 is 0 Å². The summed E-state index contributed by atoms with van der Waals surface area (Å²) in [5, 5.41) is 7.23. The standard InChI is InChI=1S/C18H20N4O/c1-13(19-18(23)17-12-21(3)20-14(17)2)15-6-8-16(9-7-15)22-10-4-5-11-22/h4-13H,1-3H3,(H,19,23). The van der Waals surface area contributed by atoms with Gasteiger partial charge in [-0.25, -0.2) is 0 Å². The molecule has 0 fully saturated rings. The van der Waals surface area contributed by atoms with Gasteiger partial charge in [0.2, 0.25) is 0 Å². The van der Waals surface area contributed by atoms with Gasteiger partial charge in [0.25, 0.3) is 5.91 Å². The van der Waals surface area contributed by atoms with E-state index in [4.69, 9.17) is 0 Å². The third-order valence-electron chi connectivity index (χ3n) is 3.90. The van der Waals surface area contributed by atoms with Crippen LogP contribution in [-0.2, 0) is 7.05 Å². The molecule has 1 aromatic carbocycles. The molecule has 3 rings (SSSR count). The van der Waals surface area contributed by atoms with Gasteiger partial charge in [0.15, 0.2) is 0 Å². The summed E-state index contributed by atoms with van der Waals surface area (Å²) in [5.41, 5.74) is 3.51. The molecule has 0 aliphatic heterocycles. The summed E-state index contributed by atoms with van der Waals surface area (Å²) in [6.07, 6.45) is 5.75. The first-order valence-electron chi connectivity index (χ1n) is 7.59. The van der Waals surface area contributed by atoms with Crippen molar-refractivity contribution in [1.82, 2.24) is 19.7 Å². The van der Waals surface area contributed by atoms with Gasteiger partial charge in [-0.2, -0.15) is 5.10 Å². The van der Waals surface area contributed by atoms with Crippen LogP contribution in [0.1, 0.15) is 34.6 Å². The number of nitrogens with one attached hydrogen (secondary N) is 1. The highest BCUT2D eigenvalue weighted by Crippen LogP contribution is 2.17. The molecule has 1 N–H and O–H groups in total. The molecule has 0 bridgehead atoms. The van der Waals surface area contributed by atoms with Crippen molar-refractivity contribution in [1.29, 1.82) is 0 Å². The molecule has 5 nitrogen and oxygen atoms in total. The van der Waals surface area contributed by atoms with Gasteiger partial charge in [0, 0.05) is 31.3 Å². The van der Waals surface area contributed by atoms with E-state index in [0.29, 0.717) is 5.56 Å². The Morgan fingerprint density at radius 2 is 1.83 bits per heavy atom. The number of hydrogen-bond donors (Lipinski definition) is 1. The molecule has 0 saturated heterocycles. The average Bonchev–Trinajstić information content (AvgIpc) is 3.17. The highest BCUT2D eigenvalue weighted by Gasteiger charge is 2.15. The van der Waals surface area contributed by atoms with E-state index >= 15 is 0 Å². The van der Waals surface area contributed by atoms with Crippen LogP contribution in [0.25, 0.3) is 5.69 Å². The Morgan fingerprint density at radius 1 is 1.17 bits per heavy atom. The van der Waals surface area contributed by atoms with Gasteiger partial charge in [-0.05, 0) is 43.7 Å². The number of benzene rings is 1. The van der Waals surface area contributed by atoms with Crippen LogP contribution in [0.5, 0.6) is 0 Å². The van der Waals surface area contributed by atoms with Gasteiger partial charge in [-0.1, -0.05) is 12.1 Å². The summed E-state index contributed by atoms with van der Waals surface area (Å²) in [6.45, 7) is 3.82. The zero-order chi connectivity index (χ0) is 16.4. The summed E-state index contributed by atoms with van der Waals surface area (Å²) in [6, 6.07) is 12.1. The van der Waals surface area contributed by atoms with E-state index < -0.39 is 0 Å². The van der Waals surface area contributed by atoms with E-state index in [-0.39, 0.29) is 11.9 Å². The molecule has 0 aliphatic rings. The minimum absolute atomic E-state index is 0.0687. The molecule has 0 radical (unpaired) electrons. The topological polar surface area (TPSA) is 51.9 Å². The van der Waals surface area contributed by atoms with E-state index in [9.17, 15) is 4.79 Å². The fourth-order valence-electron chi connectivity index (χ4n) is 2.62. The predicted molar refractivity (Wildman–Crippen MR) is 89.6 cm³/mol. The van der Waals surface area contributed by atoms with Crippen molar-refractivity contribution in [3.63, 3.8) is 0 Å². The third-order valence-corrected chi connectivity index (χ3v) is 3.90. The molecule has 0 saturated carbocycles. The molecule has 3 aromatic rings. The van der Waals surface area contributed by atoms with Gasteiger partial charge in [-0.3, -0.25) is 9.48 Å². The molecule has 1 unspecified atom stereocenters. The Morgan fingerprint density at radius 3 is 2.39 bits per heavy atom. The maximum atomic E-state index is 12.3. The monoisotopic (exact) mass is 308 g/mol. The number of rotatable bonds is 4. The minimum atomic E-state index is -0.0995. The van der Waals surface area contributed by atoms with Crippen LogP contribution in [0.15, 0.2) is 55.0 Å². The van der Waals surface area contributed by atoms with Crippen LogP contribution in [0.2, 0.25) is 0 Å². The second-order valence-corrected chi connectivity index (χ2v) is 5.68. The SMILES string of the molecule is Cc1nn(C)cc1C(=O)NC(C)c1ccc(-n2cccc2)cc1. The largest absolute Gasteiger partial charge is 0.345 e. The van der Waals surface area contributed by atoms with Crippen molar-refractivity contribution in [2.75, 3.05) is 0 Å². The number of carbonyl (C=O) groups is 1. The van der Waals surface area contributed by atoms with Gasteiger partial charge in [0.1, 0.15) is 0 Å². The lowest BCUT2D eigenvalue weighted by Gasteiger charge is -2.15. The molecule has 1 atom stereocenters. The average molecular weight is 308 g/mol. The molecule has 5 heteroatoms. The lowest BCUT2D eigenvalue weighted by Crippen LogP contribution is -2.26. The van der Waals surface area contributed by atoms with Gasteiger partial charge in [0.05, 0.1) is 17.3 Å². The van der Waals surface area contributed by atoms with E-state index in [0.717, 1.165) is 16.9 Å². The molecule has 23 heavy (non-hydrogen) atoms. The highest BCUT2D eigenvalue weighted by atomic mass is 16.1. The zero-order valence-corrected chi connectivity index (χ0v) is 13.5. The van der Waals surface area contributed by atoms with Crippen LogP contribution in [-0.4, -0.2) is 20.3 Å². The van der Waals surface area contributed by atoms with E-state index in [2.05, 4.69) is 10.4 Å². The highest BCUT2D eigenvalue weighted by molar-refractivity contribution is 5.95. The Kier molecular flexibility index (Phi) is 4.02. The van der Waals surface area contributed by atoms with E-state index in [1.54, 1.807) is 10.9 Å². The molecule has 118 valence electrons. The molecule has 2 heterocycles. The molecular weight excluding hydrogens is 288 g/mol. The van der Waals surface area contributed by atoms with Gasteiger partial charge >= 0.3 is 0 Å². The minimum Gasteiger partial charge on any atom is -0.345 e. The Balaban J connectivity index is 1.72. The molecule has 0 aliphatic carbocycles. The smallest absolute Gasteiger partial charge is 0.255 e. The summed E-state index contributed by atoms with van der Waals surface area (Å²) < 4.78 is 3.70. The number of carbonyl (C=O) groups excluding carboxylic acids is 1. The summed E-state index contributed by atoms with van der Waals surface area (Å²) in [4.78, 5) is 12.3. The van der Waals surface area contributed by atoms with Crippen molar-refractivity contribution in [2.45, 2.75) is 19.9 Å². The van der Waals surface area contributed by atoms with Crippen molar-refractivity contribution in [3.8, 4) is 5.69 Å². The lowest BCUT2D eigenvalue weighted by atomic mass is 10.1. The van der Waals surface area contributed by atoms with Crippen molar-refractivity contribution >= 4 is 5.91 Å². The first kappa shape index (κ1) is 15.1. The quantitative estimate of drug-likeness (QED) is 0.805. The van der Waals surface area contributed by atoms with E-state index in [1.165, 1.54) is 0 Å². The fourth-order valence-corrected chi connectivity index (χ4v) is 2.62. The maximum Gasteiger partial charge on any atom is 0.255 e. The zero-order valence-electron chi connectivity index (χ0n) is 13.5. The van der Waals surface area contributed by atoms with Crippen molar-refractivity contribution in [2.24, 2.45) is 7.05 Å². The van der Waals surface area contributed by atoms with Crippen LogP contribution < -0.4 is 5.32 Å². The summed E-state index contributed by atoms with van der Waals surface area (Å²) in [7, 11) is 1.81. The second kappa shape index (κ2) is 6.12. The first-order valence-corrected chi connectivity index (χ1v) is 7.59. The number of hydrogen-bond acceptors (Lipinski definition) is 2. The number of aromatic nitrogens is 3. The Labute approximate surface area is 135 Å². The summed E-state index contributed by atoms with van der Waals surface area (Å²) >= 11 is 0. The number of nitrogens with zero attached hydrogens (tertiary/aromatic N) is 3. The van der Waals surface area contributed by atoms with E-state index in [1.807, 2.05) is 74.3 Å². The fraction of sp³-hybridized carbons (Fsp3) is 0.222. The van der Waals surface area contributed by atoms with Crippen molar-refractivity contribution in [3.05, 3.63) is 71.8 Å². The maximum absolute atomic E-state index is 12.3. The number of amides is 1. The lowest BCUT2D eigenvalue weighted by molar-refractivity contribution is 0.0939. The summed E-state index contributed by atoms with van der Waals surface area (Å²) in [5.74, 6) is -0.0995. The van der Waals surface area contributed by atoms with Crippen molar-refractivity contribution < 1.29 is 4.79 Å². The third kappa shape index (κ3) is 3.18. The molecule has 1 amide bonds. The molecular formula is C18H20N4O. The predicted octanol–water partition coefficient (Wildman–Crippen LogP) is 3.01. The number of aryl methyl sites for hydroxylation is 2. The normalized spacial score (nSPS) is 12.1. The van der Waals surface area contributed by atoms with Crippen LogP contribution in [0.3, 0.4) is 0 Å². The first-order chi connectivity index (χ1) is 11.0. The van der Waals surface area contributed by atoms with Crippen LogP contribution in [0, 0.1) is 6.92 Å². The Hall–Kier alpha value is -2.82. The molecule has 2 aromatic heterocycles. The Bertz CT molecular complexity index is 800. The second-order valence-electron chi connectivity index (χ2n) is 5.68. The molecule has 0 spiro atoms. The van der Waals surface area contributed by atoms with Gasteiger partial charge < -0.3 is 9.88 Å². The van der Waals surface area contributed by atoms with Crippen LogP contribution in [0.4, 0.5) is 0 Å².